The minimum absolute atomic E-state index is 0.168. The molecule has 2 amide bonds. The van der Waals surface area contributed by atoms with Crippen molar-refractivity contribution in [3.63, 3.8) is 0 Å². The second-order valence-corrected chi connectivity index (χ2v) is 9.28. The Labute approximate surface area is 203 Å². The summed E-state index contributed by atoms with van der Waals surface area (Å²) in [6, 6.07) is 15.4. The van der Waals surface area contributed by atoms with Crippen LogP contribution < -0.4 is 9.47 Å². The number of thioether (sulfide) groups is 1. The van der Waals surface area contributed by atoms with Crippen molar-refractivity contribution in [3.05, 3.63) is 85.9 Å². The van der Waals surface area contributed by atoms with Gasteiger partial charge in [-0.25, -0.2) is 4.79 Å². The third kappa shape index (κ3) is 5.47. The lowest BCUT2D eigenvalue weighted by atomic mass is 10.1. The maximum absolute atomic E-state index is 12.8. The van der Waals surface area contributed by atoms with E-state index in [2.05, 4.69) is 0 Å². The average Bonchev–Trinajstić information content (AvgIpc) is 3.42. The number of imide groups is 1. The second-order valence-electron chi connectivity index (χ2n) is 6.90. The van der Waals surface area contributed by atoms with Crippen molar-refractivity contribution in [1.29, 1.82) is 0 Å². The van der Waals surface area contributed by atoms with Crippen LogP contribution in [0, 0.1) is 0 Å². The van der Waals surface area contributed by atoms with Gasteiger partial charge in [-0.3, -0.25) is 14.5 Å². The average molecular weight is 500 g/mol. The summed E-state index contributed by atoms with van der Waals surface area (Å²) in [6.45, 7) is 2.35. The van der Waals surface area contributed by atoms with Gasteiger partial charge in [0.25, 0.3) is 11.1 Å². The van der Waals surface area contributed by atoms with Crippen LogP contribution in [-0.4, -0.2) is 28.6 Å². The predicted octanol–water partition coefficient (Wildman–Crippen LogP) is 6.26. The Bertz CT molecular complexity index is 1220. The van der Waals surface area contributed by atoms with Gasteiger partial charge in [0, 0.05) is 5.02 Å². The maximum atomic E-state index is 12.8. The van der Waals surface area contributed by atoms with Crippen LogP contribution in [0.4, 0.5) is 4.79 Å². The van der Waals surface area contributed by atoms with Gasteiger partial charge in [-0.1, -0.05) is 35.9 Å². The molecule has 1 fully saturated rings. The van der Waals surface area contributed by atoms with E-state index in [0.29, 0.717) is 32.7 Å². The molecule has 0 bridgehead atoms. The van der Waals surface area contributed by atoms with Crippen LogP contribution in [0.3, 0.4) is 0 Å². The monoisotopic (exact) mass is 499 g/mol. The van der Waals surface area contributed by atoms with Crippen LogP contribution in [0.15, 0.2) is 64.9 Å². The number of amides is 2. The Morgan fingerprint density at radius 1 is 1.09 bits per heavy atom. The summed E-state index contributed by atoms with van der Waals surface area (Å²) in [5, 5.41) is 2.04. The Morgan fingerprint density at radius 2 is 1.88 bits per heavy atom. The van der Waals surface area contributed by atoms with Crippen molar-refractivity contribution in [2.45, 2.75) is 13.5 Å². The van der Waals surface area contributed by atoms with Gasteiger partial charge < -0.3 is 9.47 Å². The number of halogens is 1. The molecule has 3 aromatic rings. The zero-order valence-corrected chi connectivity index (χ0v) is 19.8. The number of benzene rings is 2. The van der Waals surface area contributed by atoms with E-state index in [0.717, 1.165) is 17.3 Å². The lowest BCUT2D eigenvalue weighted by Gasteiger charge is -2.12. The van der Waals surface area contributed by atoms with Crippen LogP contribution in [0.25, 0.3) is 6.08 Å². The molecule has 4 rings (SSSR count). The fourth-order valence-electron chi connectivity index (χ4n) is 3.07. The molecule has 168 valence electrons. The van der Waals surface area contributed by atoms with E-state index in [1.54, 1.807) is 66.1 Å². The zero-order chi connectivity index (χ0) is 23.4. The third-order valence-corrected chi connectivity index (χ3v) is 6.63. The lowest BCUT2D eigenvalue weighted by molar-refractivity contribution is -0.123. The summed E-state index contributed by atoms with van der Waals surface area (Å²) in [6.07, 6.45) is 1.63. The van der Waals surface area contributed by atoms with Gasteiger partial charge in [-0.2, -0.15) is 0 Å². The molecule has 0 spiro atoms. The van der Waals surface area contributed by atoms with Crippen LogP contribution in [-0.2, 0) is 11.3 Å². The van der Waals surface area contributed by atoms with E-state index in [4.69, 9.17) is 21.1 Å². The summed E-state index contributed by atoms with van der Waals surface area (Å²) in [7, 11) is 0. The van der Waals surface area contributed by atoms with Gasteiger partial charge in [-0.15, -0.1) is 11.3 Å². The third-order valence-electron chi connectivity index (χ3n) is 4.62. The van der Waals surface area contributed by atoms with E-state index in [1.165, 1.54) is 16.2 Å². The van der Waals surface area contributed by atoms with Crippen molar-refractivity contribution in [1.82, 2.24) is 4.90 Å². The topological polar surface area (TPSA) is 72.9 Å². The van der Waals surface area contributed by atoms with Crippen LogP contribution >= 0.6 is 34.7 Å². The second kappa shape index (κ2) is 10.2. The molecule has 0 atom stereocenters. The minimum Gasteiger partial charge on any atom is -0.490 e. The molecule has 2 aromatic carbocycles. The maximum Gasteiger partial charge on any atom is 0.353 e. The number of rotatable bonds is 7. The highest BCUT2D eigenvalue weighted by molar-refractivity contribution is 8.18. The Kier molecular flexibility index (Phi) is 7.17. The summed E-state index contributed by atoms with van der Waals surface area (Å²) in [5.74, 6) is -0.187. The summed E-state index contributed by atoms with van der Waals surface area (Å²) < 4.78 is 11.1. The molecular weight excluding hydrogens is 482 g/mol. The summed E-state index contributed by atoms with van der Waals surface area (Å²) in [5.41, 5.74) is 1.45. The zero-order valence-electron chi connectivity index (χ0n) is 17.4. The number of esters is 1. The molecule has 2 heterocycles. The molecule has 0 radical (unpaired) electrons. The van der Waals surface area contributed by atoms with Crippen molar-refractivity contribution < 1.29 is 23.9 Å². The van der Waals surface area contributed by atoms with Gasteiger partial charge in [0.05, 0.1) is 18.1 Å². The Hall–Kier alpha value is -3.07. The molecule has 1 saturated heterocycles. The summed E-state index contributed by atoms with van der Waals surface area (Å²) >= 11 is 8.07. The molecule has 0 N–H and O–H groups in total. The van der Waals surface area contributed by atoms with Crippen molar-refractivity contribution in [2.24, 2.45) is 0 Å². The van der Waals surface area contributed by atoms with E-state index in [9.17, 15) is 14.4 Å². The van der Waals surface area contributed by atoms with E-state index >= 15 is 0 Å². The number of hydrogen-bond donors (Lipinski definition) is 0. The quantitative estimate of drug-likeness (QED) is 0.217. The first-order valence-corrected chi connectivity index (χ1v) is 12.0. The van der Waals surface area contributed by atoms with Crippen molar-refractivity contribution in [3.8, 4) is 11.5 Å². The van der Waals surface area contributed by atoms with Crippen molar-refractivity contribution >= 4 is 57.9 Å². The molecule has 9 heteroatoms. The van der Waals surface area contributed by atoms with Gasteiger partial charge in [0.1, 0.15) is 4.88 Å². The molecular formula is C24H18ClNO5S2. The minimum atomic E-state index is -0.470. The first kappa shape index (κ1) is 23.1. The number of carbonyl (C=O) groups is 3. The molecule has 6 nitrogen and oxygen atoms in total. The molecule has 0 aliphatic carbocycles. The first-order chi connectivity index (χ1) is 15.9. The first-order valence-electron chi connectivity index (χ1n) is 9.97. The van der Waals surface area contributed by atoms with E-state index in [-0.39, 0.29) is 23.4 Å². The lowest BCUT2D eigenvalue weighted by Crippen LogP contribution is -2.27. The summed E-state index contributed by atoms with van der Waals surface area (Å²) in [4.78, 5) is 39.6. The van der Waals surface area contributed by atoms with Crippen LogP contribution in [0.5, 0.6) is 11.5 Å². The Morgan fingerprint density at radius 3 is 2.58 bits per heavy atom. The number of thiophene rings is 1. The smallest absolute Gasteiger partial charge is 0.353 e. The molecule has 0 saturated carbocycles. The van der Waals surface area contributed by atoms with Gasteiger partial charge in [0.15, 0.2) is 11.5 Å². The molecule has 0 unspecified atom stereocenters. The van der Waals surface area contributed by atoms with Crippen molar-refractivity contribution in [2.75, 3.05) is 6.61 Å². The number of hydrogen-bond acceptors (Lipinski definition) is 7. The number of ether oxygens (including phenoxy) is 2. The SMILES string of the molecule is CCOc1cc(/C=C2\SC(=O)N(Cc3ccc(Cl)cc3)C2=O)ccc1OC(=O)c1cccs1. The Balaban J connectivity index is 1.53. The van der Waals surface area contributed by atoms with Gasteiger partial charge in [-0.05, 0) is 71.6 Å². The standard InChI is InChI=1S/C24H18ClNO5S2/c1-2-30-19-12-16(7-10-18(19)31-23(28)20-4-3-11-32-20)13-21-22(27)26(24(29)33-21)14-15-5-8-17(25)9-6-15/h3-13H,2,14H2,1H3/b21-13-. The normalized spacial score (nSPS) is 14.7. The fraction of sp³-hybridized carbons (Fsp3) is 0.125. The number of carbonyl (C=O) groups excluding carboxylic acids is 3. The van der Waals surface area contributed by atoms with Crippen LogP contribution in [0.1, 0.15) is 27.7 Å². The molecule has 1 aliphatic heterocycles. The largest absolute Gasteiger partial charge is 0.490 e. The molecule has 1 aromatic heterocycles. The highest BCUT2D eigenvalue weighted by Crippen LogP contribution is 2.35. The fourth-order valence-corrected chi connectivity index (χ4v) is 4.64. The van der Waals surface area contributed by atoms with Gasteiger partial charge in [0.2, 0.25) is 0 Å². The predicted molar refractivity (Wildman–Crippen MR) is 130 cm³/mol. The van der Waals surface area contributed by atoms with E-state index < -0.39 is 5.97 Å². The molecule has 33 heavy (non-hydrogen) atoms. The number of nitrogens with zero attached hydrogens (tertiary/aromatic N) is 1. The van der Waals surface area contributed by atoms with E-state index in [1.807, 2.05) is 6.92 Å². The highest BCUT2D eigenvalue weighted by atomic mass is 35.5. The van der Waals surface area contributed by atoms with Crippen LogP contribution in [0.2, 0.25) is 5.02 Å². The van der Waals surface area contributed by atoms with Gasteiger partial charge >= 0.3 is 5.97 Å². The molecule has 1 aliphatic rings. The highest BCUT2D eigenvalue weighted by Gasteiger charge is 2.35.